The van der Waals surface area contributed by atoms with Crippen molar-refractivity contribution in [3.05, 3.63) is 34.3 Å². The van der Waals surface area contributed by atoms with Gasteiger partial charge in [0.25, 0.3) is 0 Å². The molecule has 0 aliphatic heterocycles. The maximum atomic E-state index is 6.27. The highest BCUT2D eigenvalue weighted by molar-refractivity contribution is 6.31. The highest BCUT2D eigenvalue weighted by Gasteiger charge is 2.16. The molecule has 0 saturated heterocycles. The van der Waals surface area contributed by atoms with Crippen LogP contribution in [0.15, 0.2) is 18.2 Å². The molecule has 3 heteroatoms. The van der Waals surface area contributed by atoms with Gasteiger partial charge in [-0.25, -0.2) is 0 Å². The predicted octanol–water partition coefficient (Wildman–Crippen LogP) is 3.98. The Labute approximate surface area is 110 Å². The molecular weight excluding hydrogens is 232 g/mol. The van der Waals surface area contributed by atoms with Crippen LogP contribution in [0.2, 0.25) is 5.02 Å². The fraction of sp³-hybridized carbons (Fsp3) is 0.571. The molecule has 0 spiro atoms. The number of benzene rings is 1. The second kappa shape index (κ2) is 7.00. The zero-order chi connectivity index (χ0) is 12.8. The van der Waals surface area contributed by atoms with Crippen LogP contribution in [0.5, 0.6) is 0 Å². The first kappa shape index (κ1) is 14.5. The van der Waals surface area contributed by atoms with Gasteiger partial charge in [-0.2, -0.15) is 0 Å². The molecule has 0 amide bonds. The van der Waals surface area contributed by atoms with Crippen molar-refractivity contribution in [2.24, 2.45) is 11.8 Å². The van der Waals surface area contributed by atoms with Crippen molar-refractivity contribution in [1.82, 2.24) is 5.43 Å². The quantitative estimate of drug-likeness (QED) is 0.595. The van der Waals surface area contributed by atoms with E-state index in [0.29, 0.717) is 5.92 Å². The molecule has 2 atom stereocenters. The maximum absolute atomic E-state index is 6.27. The standard InChI is InChI=1S/C14H23ClN2/c1-4-5-10(2)9-14(17-16)12-7-6-11(3)8-13(12)15/h6-8,10,14,17H,4-5,9,16H2,1-3H3. The summed E-state index contributed by atoms with van der Waals surface area (Å²) in [5.41, 5.74) is 5.16. The number of halogens is 1. The van der Waals surface area contributed by atoms with E-state index in [1.807, 2.05) is 13.0 Å². The highest BCUT2D eigenvalue weighted by Crippen LogP contribution is 2.29. The summed E-state index contributed by atoms with van der Waals surface area (Å²) < 4.78 is 0. The van der Waals surface area contributed by atoms with Gasteiger partial charge < -0.3 is 0 Å². The third-order valence-electron chi connectivity index (χ3n) is 3.15. The van der Waals surface area contributed by atoms with Crippen molar-refractivity contribution in [2.75, 3.05) is 0 Å². The Morgan fingerprint density at radius 2 is 2.12 bits per heavy atom. The van der Waals surface area contributed by atoms with E-state index in [1.54, 1.807) is 0 Å². The summed E-state index contributed by atoms with van der Waals surface area (Å²) in [5, 5.41) is 0.802. The van der Waals surface area contributed by atoms with Crippen LogP contribution in [0.4, 0.5) is 0 Å². The van der Waals surface area contributed by atoms with E-state index in [0.717, 1.165) is 17.0 Å². The van der Waals surface area contributed by atoms with Gasteiger partial charge in [0.05, 0.1) is 0 Å². The van der Waals surface area contributed by atoms with Gasteiger partial charge in [-0.1, -0.05) is 50.4 Å². The van der Waals surface area contributed by atoms with Gasteiger partial charge in [-0.05, 0) is 36.5 Å². The molecule has 0 aliphatic carbocycles. The van der Waals surface area contributed by atoms with Crippen LogP contribution in [-0.2, 0) is 0 Å². The molecule has 0 aliphatic rings. The van der Waals surface area contributed by atoms with Crippen LogP contribution in [0.1, 0.15) is 50.3 Å². The van der Waals surface area contributed by atoms with Gasteiger partial charge in [0.2, 0.25) is 0 Å². The summed E-state index contributed by atoms with van der Waals surface area (Å²) in [4.78, 5) is 0. The van der Waals surface area contributed by atoms with E-state index in [9.17, 15) is 0 Å². The fourth-order valence-electron chi connectivity index (χ4n) is 2.21. The Morgan fingerprint density at radius 3 is 2.65 bits per heavy atom. The Morgan fingerprint density at radius 1 is 1.41 bits per heavy atom. The highest BCUT2D eigenvalue weighted by atomic mass is 35.5. The predicted molar refractivity (Wildman–Crippen MR) is 74.9 cm³/mol. The van der Waals surface area contributed by atoms with Crippen LogP contribution in [0.25, 0.3) is 0 Å². The normalized spacial score (nSPS) is 14.6. The molecule has 0 heterocycles. The van der Waals surface area contributed by atoms with Gasteiger partial charge in [0, 0.05) is 11.1 Å². The number of aryl methyl sites for hydroxylation is 1. The Bertz CT molecular complexity index is 352. The van der Waals surface area contributed by atoms with Crippen LogP contribution in [0.3, 0.4) is 0 Å². The lowest BCUT2D eigenvalue weighted by molar-refractivity contribution is 0.395. The van der Waals surface area contributed by atoms with E-state index in [1.165, 1.54) is 18.4 Å². The van der Waals surface area contributed by atoms with Crippen molar-refractivity contribution in [3.8, 4) is 0 Å². The van der Waals surface area contributed by atoms with E-state index in [2.05, 4.69) is 31.4 Å². The number of hydrogen-bond acceptors (Lipinski definition) is 2. The third-order valence-corrected chi connectivity index (χ3v) is 3.48. The van der Waals surface area contributed by atoms with Gasteiger partial charge in [0.15, 0.2) is 0 Å². The molecule has 0 saturated carbocycles. The lowest BCUT2D eigenvalue weighted by Crippen LogP contribution is -2.29. The first-order valence-corrected chi connectivity index (χ1v) is 6.68. The Balaban J connectivity index is 2.79. The zero-order valence-electron chi connectivity index (χ0n) is 11.0. The summed E-state index contributed by atoms with van der Waals surface area (Å²) in [7, 11) is 0. The monoisotopic (exact) mass is 254 g/mol. The largest absolute Gasteiger partial charge is 0.271 e. The van der Waals surface area contributed by atoms with Crippen molar-refractivity contribution < 1.29 is 0 Å². The van der Waals surface area contributed by atoms with Gasteiger partial charge in [-0.3, -0.25) is 11.3 Å². The minimum atomic E-state index is 0.143. The molecule has 0 aromatic heterocycles. The number of nitrogens with two attached hydrogens (primary N) is 1. The fourth-order valence-corrected chi connectivity index (χ4v) is 2.58. The maximum Gasteiger partial charge on any atom is 0.0477 e. The average molecular weight is 255 g/mol. The SMILES string of the molecule is CCCC(C)CC(NN)c1ccc(C)cc1Cl. The topological polar surface area (TPSA) is 38.0 Å². The second-order valence-corrected chi connectivity index (χ2v) is 5.28. The van der Waals surface area contributed by atoms with Gasteiger partial charge in [0.1, 0.15) is 0 Å². The molecule has 1 aromatic rings. The number of rotatable bonds is 6. The smallest absolute Gasteiger partial charge is 0.0477 e. The summed E-state index contributed by atoms with van der Waals surface area (Å²) >= 11 is 6.27. The Hall–Kier alpha value is -0.570. The lowest BCUT2D eigenvalue weighted by atomic mass is 9.93. The zero-order valence-corrected chi connectivity index (χ0v) is 11.7. The van der Waals surface area contributed by atoms with E-state index in [4.69, 9.17) is 17.4 Å². The van der Waals surface area contributed by atoms with Crippen molar-refractivity contribution in [3.63, 3.8) is 0 Å². The second-order valence-electron chi connectivity index (χ2n) is 4.87. The molecule has 3 N–H and O–H groups in total. The molecular formula is C14H23ClN2. The third kappa shape index (κ3) is 4.30. The van der Waals surface area contributed by atoms with Crippen LogP contribution in [-0.4, -0.2) is 0 Å². The van der Waals surface area contributed by atoms with Crippen molar-refractivity contribution >= 4 is 11.6 Å². The average Bonchev–Trinajstić information content (AvgIpc) is 2.27. The number of hydrogen-bond donors (Lipinski definition) is 2. The van der Waals surface area contributed by atoms with Crippen molar-refractivity contribution in [2.45, 2.75) is 46.1 Å². The van der Waals surface area contributed by atoms with Gasteiger partial charge in [-0.15, -0.1) is 0 Å². The summed E-state index contributed by atoms with van der Waals surface area (Å²) in [6.07, 6.45) is 3.45. The van der Waals surface area contributed by atoms with Crippen LogP contribution in [0, 0.1) is 12.8 Å². The molecule has 0 radical (unpaired) electrons. The van der Waals surface area contributed by atoms with Crippen molar-refractivity contribution in [1.29, 1.82) is 0 Å². The molecule has 2 unspecified atom stereocenters. The van der Waals surface area contributed by atoms with E-state index < -0.39 is 0 Å². The number of nitrogens with one attached hydrogen (secondary N) is 1. The molecule has 17 heavy (non-hydrogen) atoms. The lowest BCUT2D eigenvalue weighted by Gasteiger charge is -2.21. The molecule has 96 valence electrons. The van der Waals surface area contributed by atoms with E-state index >= 15 is 0 Å². The summed E-state index contributed by atoms with van der Waals surface area (Å²) in [6, 6.07) is 6.28. The minimum Gasteiger partial charge on any atom is -0.271 e. The molecule has 0 fully saturated rings. The minimum absolute atomic E-state index is 0.143. The van der Waals surface area contributed by atoms with E-state index in [-0.39, 0.29) is 6.04 Å². The molecule has 2 nitrogen and oxygen atoms in total. The Kier molecular flexibility index (Phi) is 5.96. The first-order valence-electron chi connectivity index (χ1n) is 6.30. The summed E-state index contributed by atoms with van der Waals surface area (Å²) in [5.74, 6) is 6.30. The first-order chi connectivity index (χ1) is 8.08. The molecule has 1 rings (SSSR count). The summed E-state index contributed by atoms with van der Waals surface area (Å²) in [6.45, 7) is 6.51. The van der Waals surface area contributed by atoms with Crippen LogP contribution < -0.4 is 11.3 Å². The van der Waals surface area contributed by atoms with Crippen LogP contribution >= 0.6 is 11.6 Å². The number of hydrazine groups is 1. The molecule has 1 aromatic carbocycles. The van der Waals surface area contributed by atoms with Gasteiger partial charge >= 0.3 is 0 Å². The molecule has 0 bridgehead atoms.